The van der Waals surface area contributed by atoms with Gasteiger partial charge in [-0.3, -0.25) is 4.79 Å². The van der Waals surface area contributed by atoms with Crippen molar-refractivity contribution in [2.75, 3.05) is 5.32 Å². The summed E-state index contributed by atoms with van der Waals surface area (Å²) in [5.74, 6) is 0.0460. The molecule has 0 bridgehead atoms. The van der Waals surface area contributed by atoms with Gasteiger partial charge < -0.3 is 10.1 Å². The molecule has 0 atom stereocenters. The van der Waals surface area contributed by atoms with Gasteiger partial charge in [0.05, 0.1) is 0 Å². The van der Waals surface area contributed by atoms with Crippen molar-refractivity contribution in [1.29, 1.82) is 5.26 Å². The number of nitriles is 1. The number of rotatable bonds is 6. The molecule has 1 N–H and O–H groups in total. The van der Waals surface area contributed by atoms with E-state index in [1.807, 2.05) is 62.4 Å². The molecule has 5 heteroatoms. The molecular weight excluding hydrogens is 396 g/mol. The van der Waals surface area contributed by atoms with Gasteiger partial charge in [-0.15, -0.1) is 0 Å². The molecule has 4 nitrogen and oxygen atoms in total. The van der Waals surface area contributed by atoms with Crippen LogP contribution in [-0.2, 0) is 11.4 Å². The largest absolute Gasteiger partial charge is 0.488 e. The molecule has 0 saturated heterocycles. The average Bonchev–Trinajstić information content (AvgIpc) is 2.71. The lowest BCUT2D eigenvalue weighted by Gasteiger charge is -2.11. The van der Waals surface area contributed by atoms with Gasteiger partial charge >= 0.3 is 0 Å². The van der Waals surface area contributed by atoms with Crippen molar-refractivity contribution in [2.45, 2.75) is 20.5 Å². The van der Waals surface area contributed by atoms with Gasteiger partial charge in [0.15, 0.2) is 0 Å². The number of aryl methyl sites for hydroxylation is 2. The van der Waals surface area contributed by atoms with Gasteiger partial charge in [-0.2, -0.15) is 5.26 Å². The SMILES string of the molecule is Cc1cccc(COc2ccc(Cl)cc2/C=C(\C#N)C(=O)Nc2cccc(C)c2)c1. The Kier molecular flexibility index (Phi) is 6.90. The van der Waals surface area contributed by atoms with E-state index in [0.29, 0.717) is 28.6 Å². The van der Waals surface area contributed by atoms with E-state index >= 15 is 0 Å². The van der Waals surface area contributed by atoms with Crippen molar-refractivity contribution < 1.29 is 9.53 Å². The third-order valence-electron chi connectivity index (χ3n) is 4.39. The minimum absolute atomic E-state index is 0.0424. The first-order chi connectivity index (χ1) is 14.4. The van der Waals surface area contributed by atoms with E-state index < -0.39 is 5.91 Å². The van der Waals surface area contributed by atoms with Crippen LogP contribution in [0.1, 0.15) is 22.3 Å². The molecule has 0 heterocycles. The smallest absolute Gasteiger partial charge is 0.266 e. The highest BCUT2D eigenvalue weighted by Crippen LogP contribution is 2.26. The molecule has 0 unspecified atom stereocenters. The monoisotopic (exact) mass is 416 g/mol. The number of carbonyl (C=O) groups is 1. The molecule has 0 fully saturated rings. The van der Waals surface area contributed by atoms with E-state index in [1.165, 1.54) is 6.08 Å². The van der Waals surface area contributed by atoms with E-state index in [4.69, 9.17) is 16.3 Å². The first kappa shape index (κ1) is 21.2. The molecule has 0 aliphatic rings. The number of ether oxygens (including phenoxy) is 1. The third-order valence-corrected chi connectivity index (χ3v) is 4.62. The predicted octanol–water partition coefficient (Wildman–Crippen LogP) is 6.08. The van der Waals surface area contributed by atoms with Gasteiger partial charge in [-0.1, -0.05) is 53.6 Å². The van der Waals surface area contributed by atoms with Crippen molar-refractivity contribution in [1.82, 2.24) is 0 Å². The fourth-order valence-electron chi connectivity index (χ4n) is 2.95. The molecule has 3 aromatic rings. The quantitative estimate of drug-likeness (QED) is 0.391. The minimum atomic E-state index is -0.493. The zero-order valence-electron chi connectivity index (χ0n) is 16.8. The molecule has 0 aromatic heterocycles. The number of carbonyl (C=O) groups excluding carboxylic acids is 1. The summed E-state index contributed by atoms with van der Waals surface area (Å²) in [5, 5.41) is 12.8. The number of amides is 1. The molecule has 0 radical (unpaired) electrons. The van der Waals surface area contributed by atoms with Crippen LogP contribution >= 0.6 is 11.6 Å². The van der Waals surface area contributed by atoms with E-state index in [-0.39, 0.29) is 5.57 Å². The number of hydrogen-bond donors (Lipinski definition) is 1. The second kappa shape index (κ2) is 9.78. The van der Waals surface area contributed by atoms with Crippen molar-refractivity contribution in [2.24, 2.45) is 0 Å². The van der Waals surface area contributed by atoms with Crippen molar-refractivity contribution in [3.63, 3.8) is 0 Å². The van der Waals surface area contributed by atoms with Gasteiger partial charge in [0, 0.05) is 16.3 Å². The Balaban J connectivity index is 1.83. The van der Waals surface area contributed by atoms with E-state index in [9.17, 15) is 10.1 Å². The van der Waals surface area contributed by atoms with Crippen LogP contribution in [0, 0.1) is 25.2 Å². The van der Waals surface area contributed by atoms with Crippen LogP contribution in [0.4, 0.5) is 5.69 Å². The number of anilines is 1. The number of benzene rings is 3. The van der Waals surface area contributed by atoms with Crippen molar-refractivity contribution >= 4 is 29.3 Å². The number of nitrogens with one attached hydrogen (secondary N) is 1. The maximum absolute atomic E-state index is 12.6. The maximum atomic E-state index is 12.6. The topological polar surface area (TPSA) is 62.1 Å². The van der Waals surface area contributed by atoms with Crippen LogP contribution in [-0.4, -0.2) is 5.91 Å². The standard InChI is InChI=1S/C25H21ClN2O2/c1-17-5-3-7-19(11-17)16-30-24-10-9-22(26)14-20(24)13-21(15-27)25(29)28-23-8-4-6-18(2)12-23/h3-14H,16H2,1-2H3,(H,28,29)/b21-13+. The molecular formula is C25H21ClN2O2. The van der Waals surface area contributed by atoms with Gasteiger partial charge in [0.2, 0.25) is 0 Å². The lowest BCUT2D eigenvalue weighted by atomic mass is 10.1. The summed E-state index contributed by atoms with van der Waals surface area (Å²) in [6, 6.07) is 22.5. The summed E-state index contributed by atoms with van der Waals surface area (Å²) >= 11 is 6.14. The average molecular weight is 417 g/mol. The van der Waals surface area contributed by atoms with Crippen LogP contribution in [0.25, 0.3) is 6.08 Å². The fraction of sp³-hybridized carbons (Fsp3) is 0.120. The molecule has 0 aliphatic carbocycles. The normalized spacial score (nSPS) is 10.9. The summed E-state index contributed by atoms with van der Waals surface area (Å²) in [4.78, 5) is 12.6. The molecule has 3 aromatic carbocycles. The predicted molar refractivity (Wildman–Crippen MR) is 120 cm³/mol. The summed E-state index contributed by atoms with van der Waals surface area (Å²) in [5.41, 5.74) is 4.33. The van der Waals surface area contributed by atoms with Gasteiger partial charge in [0.1, 0.15) is 24.0 Å². The lowest BCUT2D eigenvalue weighted by molar-refractivity contribution is -0.112. The molecule has 0 saturated carbocycles. The zero-order chi connectivity index (χ0) is 21.5. The molecule has 30 heavy (non-hydrogen) atoms. The number of halogens is 1. The Morgan fingerprint density at radius 3 is 2.50 bits per heavy atom. The first-order valence-electron chi connectivity index (χ1n) is 9.42. The molecule has 3 rings (SSSR count). The second-order valence-electron chi connectivity index (χ2n) is 6.95. The summed E-state index contributed by atoms with van der Waals surface area (Å²) < 4.78 is 5.95. The Labute approximate surface area is 181 Å². The molecule has 0 aliphatic heterocycles. The highest BCUT2D eigenvalue weighted by Gasteiger charge is 2.12. The second-order valence-corrected chi connectivity index (χ2v) is 7.39. The summed E-state index contributed by atoms with van der Waals surface area (Å²) in [6.45, 7) is 4.31. The van der Waals surface area contributed by atoms with Gasteiger partial charge in [-0.05, 0) is 61.4 Å². The summed E-state index contributed by atoms with van der Waals surface area (Å²) in [6.07, 6.45) is 1.49. The Morgan fingerprint density at radius 1 is 1.07 bits per heavy atom. The highest BCUT2D eigenvalue weighted by molar-refractivity contribution is 6.30. The maximum Gasteiger partial charge on any atom is 0.266 e. The van der Waals surface area contributed by atoms with Crippen LogP contribution in [0.15, 0.2) is 72.3 Å². The third kappa shape index (κ3) is 5.73. The Morgan fingerprint density at radius 2 is 1.80 bits per heavy atom. The first-order valence-corrected chi connectivity index (χ1v) is 9.80. The molecule has 150 valence electrons. The number of hydrogen-bond acceptors (Lipinski definition) is 3. The van der Waals surface area contributed by atoms with E-state index in [0.717, 1.165) is 16.7 Å². The van der Waals surface area contributed by atoms with E-state index in [1.54, 1.807) is 24.3 Å². The van der Waals surface area contributed by atoms with Crippen LogP contribution < -0.4 is 10.1 Å². The minimum Gasteiger partial charge on any atom is -0.488 e. The lowest BCUT2D eigenvalue weighted by Crippen LogP contribution is -2.13. The van der Waals surface area contributed by atoms with E-state index in [2.05, 4.69) is 5.32 Å². The fourth-order valence-corrected chi connectivity index (χ4v) is 3.13. The van der Waals surface area contributed by atoms with Gasteiger partial charge in [-0.25, -0.2) is 0 Å². The Hall–Kier alpha value is -3.55. The summed E-state index contributed by atoms with van der Waals surface area (Å²) in [7, 11) is 0. The van der Waals surface area contributed by atoms with Crippen molar-refractivity contribution in [3.05, 3.63) is 99.6 Å². The van der Waals surface area contributed by atoms with Crippen molar-refractivity contribution in [3.8, 4) is 11.8 Å². The molecule has 1 amide bonds. The van der Waals surface area contributed by atoms with Crippen LogP contribution in [0.3, 0.4) is 0 Å². The Bertz CT molecular complexity index is 1150. The molecule has 0 spiro atoms. The zero-order valence-corrected chi connectivity index (χ0v) is 17.5. The van der Waals surface area contributed by atoms with Crippen LogP contribution in [0.2, 0.25) is 5.02 Å². The number of nitrogens with zero attached hydrogens (tertiary/aromatic N) is 1. The van der Waals surface area contributed by atoms with Gasteiger partial charge in [0.25, 0.3) is 5.91 Å². The highest BCUT2D eigenvalue weighted by atomic mass is 35.5. The van der Waals surface area contributed by atoms with Crippen LogP contribution in [0.5, 0.6) is 5.75 Å².